The Kier molecular flexibility index (Phi) is 5.56. The van der Waals surface area contributed by atoms with Crippen molar-refractivity contribution >= 4 is 10.0 Å². The third-order valence-electron chi connectivity index (χ3n) is 2.59. The quantitative estimate of drug-likeness (QED) is 0.578. The van der Waals surface area contributed by atoms with E-state index >= 15 is 0 Å². The molecule has 15 heavy (non-hydrogen) atoms. The highest BCUT2D eigenvalue weighted by atomic mass is 32.2. The second-order valence-electron chi connectivity index (χ2n) is 4.15. The van der Waals surface area contributed by atoms with Crippen molar-refractivity contribution in [2.75, 3.05) is 25.4 Å². The maximum atomic E-state index is 11.5. The monoisotopic (exact) mass is 234 g/mol. The second-order valence-corrected chi connectivity index (χ2v) is 6.08. The van der Waals surface area contributed by atoms with Gasteiger partial charge < -0.3 is 5.32 Å². The van der Waals surface area contributed by atoms with E-state index in [9.17, 15) is 8.42 Å². The number of rotatable bonds is 9. The summed E-state index contributed by atoms with van der Waals surface area (Å²) in [4.78, 5) is 0. The maximum Gasteiger partial charge on any atom is 0.211 e. The number of nitrogens with one attached hydrogen (secondary N) is 2. The van der Waals surface area contributed by atoms with Gasteiger partial charge in [-0.05, 0) is 31.8 Å². The summed E-state index contributed by atoms with van der Waals surface area (Å²) in [6.07, 6.45) is 4.25. The predicted molar refractivity (Wildman–Crippen MR) is 62.3 cm³/mol. The van der Waals surface area contributed by atoms with Gasteiger partial charge in [-0.1, -0.05) is 19.8 Å². The van der Waals surface area contributed by atoms with Crippen LogP contribution in [0.25, 0.3) is 0 Å². The molecule has 90 valence electrons. The molecule has 4 nitrogen and oxygen atoms in total. The van der Waals surface area contributed by atoms with Crippen molar-refractivity contribution in [1.82, 2.24) is 10.0 Å². The summed E-state index contributed by atoms with van der Waals surface area (Å²) in [6.45, 7) is 4.31. The van der Waals surface area contributed by atoms with Gasteiger partial charge in [-0.3, -0.25) is 0 Å². The van der Waals surface area contributed by atoms with Crippen molar-refractivity contribution < 1.29 is 8.42 Å². The standard InChI is InChI=1S/C10H22N2O2S/c1-2-11-7-3-9-15(13,14)12-8-6-10-4-5-10/h10-12H,2-9H2,1H3. The first-order valence-electron chi connectivity index (χ1n) is 5.82. The van der Waals surface area contributed by atoms with Crippen LogP contribution in [0.5, 0.6) is 0 Å². The fourth-order valence-corrected chi connectivity index (χ4v) is 2.56. The molecule has 0 bridgehead atoms. The van der Waals surface area contributed by atoms with Gasteiger partial charge in [-0.25, -0.2) is 13.1 Å². The molecule has 0 atom stereocenters. The van der Waals surface area contributed by atoms with E-state index in [0.717, 1.165) is 25.4 Å². The minimum Gasteiger partial charge on any atom is -0.317 e. The van der Waals surface area contributed by atoms with E-state index in [-0.39, 0.29) is 5.75 Å². The predicted octanol–water partition coefficient (Wildman–Crippen LogP) is 0.706. The summed E-state index contributed by atoms with van der Waals surface area (Å²) in [5.74, 6) is 1.03. The van der Waals surface area contributed by atoms with E-state index < -0.39 is 10.0 Å². The van der Waals surface area contributed by atoms with Gasteiger partial charge in [0.05, 0.1) is 5.75 Å². The molecule has 0 aromatic rings. The van der Waals surface area contributed by atoms with Gasteiger partial charge in [0.15, 0.2) is 0 Å². The van der Waals surface area contributed by atoms with Crippen LogP contribution in [0.3, 0.4) is 0 Å². The maximum absolute atomic E-state index is 11.5. The molecular weight excluding hydrogens is 212 g/mol. The summed E-state index contributed by atoms with van der Waals surface area (Å²) in [5.41, 5.74) is 0. The Hall–Kier alpha value is -0.130. The Morgan fingerprint density at radius 1 is 1.27 bits per heavy atom. The third kappa shape index (κ3) is 6.87. The van der Waals surface area contributed by atoms with Crippen LogP contribution in [-0.2, 0) is 10.0 Å². The van der Waals surface area contributed by atoms with Crippen LogP contribution in [0.1, 0.15) is 32.6 Å². The first-order valence-corrected chi connectivity index (χ1v) is 7.47. The molecule has 0 aromatic heterocycles. The van der Waals surface area contributed by atoms with Crippen LogP contribution >= 0.6 is 0 Å². The molecule has 0 unspecified atom stereocenters. The zero-order chi connectivity index (χ0) is 11.1. The van der Waals surface area contributed by atoms with Gasteiger partial charge in [0.25, 0.3) is 0 Å². The Bertz CT molecular complexity index is 261. The Labute approximate surface area is 92.9 Å². The average molecular weight is 234 g/mol. The molecular formula is C10H22N2O2S. The summed E-state index contributed by atoms with van der Waals surface area (Å²) >= 11 is 0. The van der Waals surface area contributed by atoms with Gasteiger partial charge >= 0.3 is 0 Å². The first kappa shape index (κ1) is 12.9. The molecule has 0 spiro atoms. The van der Waals surface area contributed by atoms with Crippen molar-refractivity contribution in [3.63, 3.8) is 0 Å². The van der Waals surface area contributed by atoms with E-state index in [1.54, 1.807) is 0 Å². The highest BCUT2D eigenvalue weighted by Crippen LogP contribution is 2.31. The van der Waals surface area contributed by atoms with Gasteiger partial charge in [0.1, 0.15) is 0 Å². The van der Waals surface area contributed by atoms with Crippen LogP contribution in [0.4, 0.5) is 0 Å². The average Bonchev–Trinajstić information content (AvgIpc) is 2.96. The topological polar surface area (TPSA) is 58.2 Å². The molecule has 2 N–H and O–H groups in total. The molecule has 0 aliphatic heterocycles. The molecule has 0 radical (unpaired) electrons. The fraction of sp³-hybridized carbons (Fsp3) is 1.00. The fourth-order valence-electron chi connectivity index (χ4n) is 1.46. The van der Waals surface area contributed by atoms with Crippen molar-refractivity contribution in [3.05, 3.63) is 0 Å². The molecule has 0 heterocycles. The van der Waals surface area contributed by atoms with Crippen molar-refractivity contribution in [2.24, 2.45) is 5.92 Å². The van der Waals surface area contributed by atoms with E-state index in [0.29, 0.717) is 13.0 Å². The lowest BCUT2D eigenvalue weighted by Crippen LogP contribution is -2.29. The van der Waals surface area contributed by atoms with E-state index in [1.807, 2.05) is 6.92 Å². The van der Waals surface area contributed by atoms with E-state index in [4.69, 9.17) is 0 Å². The largest absolute Gasteiger partial charge is 0.317 e. The zero-order valence-electron chi connectivity index (χ0n) is 9.46. The summed E-state index contributed by atoms with van der Waals surface area (Å²) in [5, 5.41) is 3.11. The van der Waals surface area contributed by atoms with Gasteiger partial charge in [0.2, 0.25) is 10.0 Å². The minimum atomic E-state index is -3.02. The lowest BCUT2D eigenvalue weighted by molar-refractivity contribution is 0.570. The lowest BCUT2D eigenvalue weighted by atomic mass is 10.3. The molecule has 1 aliphatic rings. The summed E-state index contributed by atoms with van der Waals surface area (Å²) in [7, 11) is -3.02. The third-order valence-corrected chi connectivity index (χ3v) is 4.06. The van der Waals surface area contributed by atoms with Crippen LogP contribution in [0.2, 0.25) is 0 Å². The Balaban J connectivity index is 2.02. The number of sulfonamides is 1. The van der Waals surface area contributed by atoms with Crippen molar-refractivity contribution in [3.8, 4) is 0 Å². The molecule has 1 aliphatic carbocycles. The lowest BCUT2D eigenvalue weighted by Gasteiger charge is -2.06. The van der Waals surface area contributed by atoms with Gasteiger partial charge in [0, 0.05) is 6.54 Å². The van der Waals surface area contributed by atoms with E-state index in [2.05, 4.69) is 10.0 Å². The first-order chi connectivity index (χ1) is 7.14. The van der Waals surface area contributed by atoms with Crippen LogP contribution in [-0.4, -0.2) is 33.8 Å². The molecule has 0 aromatic carbocycles. The second kappa shape index (κ2) is 6.45. The smallest absolute Gasteiger partial charge is 0.211 e. The molecule has 1 saturated carbocycles. The SMILES string of the molecule is CCNCCCS(=O)(=O)NCCC1CC1. The molecule has 0 saturated heterocycles. The van der Waals surface area contributed by atoms with Crippen molar-refractivity contribution in [2.45, 2.75) is 32.6 Å². The van der Waals surface area contributed by atoms with Crippen LogP contribution in [0.15, 0.2) is 0 Å². The highest BCUT2D eigenvalue weighted by Gasteiger charge is 2.21. The van der Waals surface area contributed by atoms with Gasteiger partial charge in [-0.2, -0.15) is 0 Å². The molecule has 5 heteroatoms. The summed E-state index contributed by atoms with van der Waals surface area (Å²) < 4.78 is 25.6. The zero-order valence-corrected chi connectivity index (χ0v) is 10.3. The minimum absolute atomic E-state index is 0.241. The molecule has 0 amide bonds. The highest BCUT2D eigenvalue weighted by molar-refractivity contribution is 7.89. The number of hydrogen-bond donors (Lipinski definition) is 2. The van der Waals surface area contributed by atoms with E-state index in [1.165, 1.54) is 12.8 Å². The normalized spacial score (nSPS) is 16.9. The number of hydrogen-bond acceptors (Lipinski definition) is 3. The summed E-state index contributed by atoms with van der Waals surface area (Å²) in [6, 6.07) is 0. The Morgan fingerprint density at radius 2 is 2.00 bits per heavy atom. The molecule has 1 fully saturated rings. The van der Waals surface area contributed by atoms with Crippen molar-refractivity contribution in [1.29, 1.82) is 0 Å². The van der Waals surface area contributed by atoms with Crippen LogP contribution < -0.4 is 10.0 Å². The van der Waals surface area contributed by atoms with Gasteiger partial charge in [-0.15, -0.1) is 0 Å². The van der Waals surface area contributed by atoms with Crippen LogP contribution in [0, 0.1) is 5.92 Å². The molecule has 1 rings (SSSR count). The Morgan fingerprint density at radius 3 is 2.60 bits per heavy atom.